The van der Waals surface area contributed by atoms with Crippen LogP contribution in [0.1, 0.15) is 25.7 Å². The summed E-state index contributed by atoms with van der Waals surface area (Å²) in [6.45, 7) is 2.52. The standard InChI is InChI=1S/C14H20N2O/c17-14-5-1-3-11(10-14)15-12-6-8-16-7-2-4-13(16)9-12/h1,3,5,10,12-13,15,17H,2,4,6-9H2. The zero-order valence-electron chi connectivity index (χ0n) is 10.1. The number of aromatic hydroxyl groups is 1. The third-order valence-electron chi connectivity index (χ3n) is 4.04. The molecule has 2 fully saturated rings. The maximum Gasteiger partial charge on any atom is 0.117 e. The van der Waals surface area contributed by atoms with Gasteiger partial charge in [-0.2, -0.15) is 0 Å². The normalized spacial score (nSPS) is 28.9. The van der Waals surface area contributed by atoms with Gasteiger partial charge in [0.25, 0.3) is 0 Å². The minimum atomic E-state index is 0.341. The lowest BCUT2D eigenvalue weighted by molar-refractivity contribution is 0.188. The van der Waals surface area contributed by atoms with Gasteiger partial charge in [-0.1, -0.05) is 6.07 Å². The minimum absolute atomic E-state index is 0.341. The van der Waals surface area contributed by atoms with Crippen LogP contribution < -0.4 is 5.32 Å². The molecule has 2 unspecified atom stereocenters. The van der Waals surface area contributed by atoms with Crippen molar-refractivity contribution in [3.05, 3.63) is 24.3 Å². The summed E-state index contributed by atoms with van der Waals surface area (Å²) < 4.78 is 0. The van der Waals surface area contributed by atoms with Crippen LogP contribution >= 0.6 is 0 Å². The summed E-state index contributed by atoms with van der Waals surface area (Å²) in [4.78, 5) is 2.63. The van der Waals surface area contributed by atoms with Crippen LogP contribution in [0.3, 0.4) is 0 Å². The Bertz CT molecular complexity index is 394. The molecule has 2 aliphatic rings. The molecule has 92 valence electrons. The number of fused-ring (bicyclic) bond motifs is 1. The Hall–Kier alpha value is -1.22. The summed E-state index contributed by atoms with van der Waals surface area (Å²) in [5.41, 5.74) is 1.04. The monoisotopic (exact) mass is 232 g/mol. The molecule has 2 N–H and O–H groups in total. The summed E-state index contributed by atoms with van der Waals surface area (Å²) in [6.07, 6.45) is 5.18. The van der Waals surface area contributed by atoms with E-state index in [1.807, 2.05) is 12.1 Å². The summed E-state index contributed by atoms with van der Waals surface area (Å²) in [7, 11) is 0. The number of piperidine rings is 1. The van der Waals surface area contributed by atoms with Crippen LogP contribution in [0.4, 0.5) is 5.69 Å². The summed E-state index contributed by atoms with van der Waals surface area (Å²) in [5.74, 6) is 0.341. The molecule has 1 aromatic rings. The molecule has 2 saturated heterocycles. The van der Waals surface area contributed by atoms with Gasteiger partial charge >= 0.3 is 0 Å². The number of hydrogen-bond donors (Lipinski definition) is 2. The fourth-order valence-corrected chi connectivity index (χ4v) is 3.19. The van der Waals surface area contributed by atoms with Crippen molar-refractivity contribution in [3.63, 3.8) is 0 Å². The second kappa shape index (κ2) is 4.57. The molecule has 0 spiro atoms. The molecular formula is C14H20N2O. The predicted molar refractivity (Wildman–Crippen MR) is 69.3 cm³/mol. The van der Waals surface area contributed by atoms with Crippen LogP contribution in [0.5, 0.6) is 5.75 Å². The molecule has 0 radical (unpaired) electrons. The largest absolute Gasteiger partial charge is 0.508 e. The SMILES string of the molecule is Oc1cccc(NC2CCN3CCCC3C2)c1. The van der Waals surface area contributed by atoms with Gasteiger partial charge in [0, 0.05) is 30.4 Å². The molecule has 3 heteroatoms. The van der Waals surface area contributed by atoms with Crippen LogP contribution in [-0.2, 0) is 0 Å². The minimum Gasteiger partial charge on any atom is -0.508 e. The average Bonchev–Trinajstić information content (AvgIpc) is 2.76. The van der Waals surface area contributed by atoms with E-state index in [1.54, 1.807) is 12.1 Å². The molecule has 0 saturated carbocycles. The first kappa shape index (κ1) is 10.9. The van der Waals surface area contributed by atoms with E-state index in [-0.39, 0.29) is 0 Å². The summed E-state index contributed by atoms with van der Waals surface area (Å²) in [6, 6.07) is 8.80. The molecule has 2 heterocycles. The zero-order valence-corrected chi connectivity index (χ0v) is 10.1. The van der Waals surface area contributed by atoms with Crippen molar-refractivity contribution in [2.24, 2.45) is 0 Å². The highest BCUT2D eigenvalue weighted by Gasteiger charge is 2.31. The Morgan fingerprint density at radius 2 is 2.18 bits per heavy atom. The molecule has 0 aliphatic carbocycles. The Labute approximate surface area is 102 Å². The van der Waals surface area contributed by atoms with Gasteiger partial charge in [-0.15, -0.1) is 0 Å². The molecule has 17 heavy (non-hydrogen) atoms. The van der Waals surface area contributed by atoms with Gasteiger partial charge in [-0.25, -0.2) is 0 Å². The lowest BCUT2D eigenvalue weighted by atomic mass is 9.97. The predicted octanol–water partition coefficient (Wildman–Crippen LogP) is 2.43. The second-order valence-corrected chi connectivity index (χ2v) is 5.25. The molecular weight excluding hydrogens is 212 g/mol. The Morgan fingerprint density at radius 1 is 1.24 bits per heavy atom. The highest BCUT2D eigenvalue weighted by atomic mass is 16.3. The van der Waals surface area contributed by atoms with Gasteiger partial charge < -0.3 is 15.3 Å². The average molecular weight is 232 g/mol. The summed E-state index contributed by atoms with van der Waals surface area (Å²) >= 11 is 0. The Morgan fingerprint density at radius 3 is 3.06 bits per heavy atom. The molecule has 0 aromatic heterocycles. The number of benzene rings is 1. The molecule has 2 atom stereocenters. The van der Waals surface area contributed by atoms with Crippen LogP contribution in [0, 0.1) is 0 Å². The van der Waals surface area contributed by atoms with E-state index in [1.165, 1.54) is 38.8 Å². The molecule has 0 amide bonds. The van der Waals surface area contributed by atoms with E-state index in [0.717, 1.165) is 11.7 Å². The van der Waals surface area contributed by atoms with Gasteiger partial charge in [0.15, 0.2) is 0 Å². The van der Waals surface area contributed by atoms with Crippen molar-refractivity contribution in [2.45, 2.75) is 37.8 Å². The van der Waals surface area contributed by atoms with E-state index in [9.17, 15) is 5.11 Å². The van der Waals surface area contributed by atoms with Crippen LogP contribution in [-0.4, -0.2) is 35.2 Å². The smallest absolute Gasteiger partial charge is 0.117 e. The highest BCUT2D eigenvalue weighted by molar-refractivity contribution is 5.48. The van der Waals surface area contributed by atoms with Crippen molar-refractivity contribution in [3.8, 4) is 5.75 Å². The number of nitrogens with zero attached hydrogens (tertiary/aromatic N) is 1. The van der Waals surface area contributed by atoms with E-state index < -0.39 is 0 Å². The van der Waals surface area contributed by atoms with E-state index in [4.69, 9.17) is 0 Å². The maximum absolute atomic E-state index is 9.44. The third kappa shape index (κ3) is 2.39. The molecule has 1 aromatic carbocycles. The number of hydrogen-bond acceptors (Lipinski definition) is 3. The van der Waals surface area contributed by atoms with Gasteiger partial charge in [-0.3, -0.25) is 0 Å². The first-order valence-electron chi connectivity index (χ1n) is 6.61. The molecule has 0 bridgehead atoms. The maximum atomic E-state index is 9.44. The van der Waals surface area contributed by atoms with Crippen LogP contribution in [0.25, 0.3) is 0 Å². The van der Waals surface area contributed by atoms with Crippen molar-refractivity contribution >= 4 is 5.69 Å². The first-order chi connectivity index (χ1) is 8.31. The number of phenols is 1. The van der Waals surface area contributed by atoms with Crippen LogP contribution in [0.15, 0.2) is 24.3 Å². The van der Waals surface area contributed by atoms with Crippen LogP contribution in [0.2, 0.25) is 0 Å². The van der Waals surface area contributed by atoms with Gasteiger partial charge in [0.2, 0.25) is 0 Å². The van der Waals surface area contributed by atoms with E-state index in [0.29, 0.717) is 11.8 Å². The summed E-state index contributed by atoms with van der Waals surface area (Å²) in [5, 5.41) is 13.0. The van der Waals surface area contributed by atoms with Crippen molar-refractivity contribution in [1.82, 2.24) is 4.90 Å². The topological polar surface area (TPSA) is 35.5 Å². The number of rotatable bonds is 2. The lowest BCUT2D eigenvalue weighted by Gasteiger charge is -2.35. The molecule has 3 rings (SSSR count). The zero-order chi connectivity index (χ0) is 11.7. The fraction of sp³-hybridized carbons (Fsp3) is 0.571. The Kier molecular flexibility index (Phi) is 2.93. The second-order valence-electron chi connectivity index (χ2n) is 5.25. The molecule has 2 aliphatic heterocycles. The van der Waals surface area contributed by atoms with Gasteiger partial charge in [0.1, 0.15) is 5.75 Å². The number of nitrogens with one attached hydrogen (secondary N) is 1. The molecule has 3 nitrogen and oxygen atoms in total. The lowest BCUT2D eigenvalue weighted by Crippen LogP contribution is -2.42. The van der Waals surface area contributed by atoms with Crippen molar-refractivity contribution in [2.75, 3.05) is 18.4 Å². The van der Waals surface area contributed by atoms with E-state index >= 15 is 0 Å². The first-order valence-corrected chi connectivity index (χ1v) is 6.61. The third-order valence-corrected chi connectivity index (χ3v) is 4.04. The van der Waals surface area contributed by atoms with Crippen molar-refractivity contribution < 1.29 is 5.11 Å². The quantitative estimate of drug-likeness (QED) is 0.822. The fourth-order valence-electron chi connectivity index (χ4n) is 3.19. The highest BCUT2D eigenvalue weighted by Crippen LogP contribution is 2.28. The van der Waals surface area contributed by atoms with E-state index in [2.05, 4.69) is 10.2 Å². The number of anilines is 1. The van der Waals surface area contributed by atoms with Gasteiger partial charge in [-0.05, 0) is 44.4 Å². The van der Waals surface area contributed by atoms with Gasteiger partial charge in [0.05, 0.1) is 0 Å². The number of phenolic OH excluding ortho intramolecular Hbond substituents is 1. The Balaban J connectivity index is 1.62. The van der Waals surface area contributed by atoms with Crippen molar-refractivity contribution in [1.29, 1.82) is 0 Å².